The van der Waals surface area contributed by atoms with Crippen molar-refractivity contribution in [2.45, 2.75) is 124 Å². The van der Waals surface area contributed by atoms with Gasteiger partial charge in [-0.15, -0.1) is 9.13 Å². The zero-order chi connectivity index (χ0) is 53.2. The minimum atomic E-state index is -3.37. The molecule has 65 heavy (non-hydrogen) atoms. The molecule has 0 saturated heterocycles. The third-order valence-corrected chi connectivity index (χ3v) is 14.1. The maximum atomic E-state index is 8.36. The van der Waals surface area contributed by atoms with Crippen LogP contribution in [0, 0.1) is 0 Å². The lowest BCUT2D eigenvalue weighted by atomic mass is 9.78. The topological polar surface area (TPSA) is 21.9 Å². The predicted molar refractivity (Wildman–Crippen MR) is 268 cm³/mol. The van der Waals surface area contributed by atoms with Gasteiger partial charge in [0, 0.05) is 41.2 Å². The first kappa shape index (κ1) is 32.4. The molecule has 5 heterocycles. The monoisotopic (exact) mass is 863 g/mol. The van der Waals surface area contributed by atoms with Crippen LogP contribution in [0.25, 0.3) is 72.7 Å². The highest BCUT2D eigenvalue weighted by atomic mass is 16.5. The SMILES string of the molecule is [2H]C([2H])([2H])C(c1ccc(-c2cc[n+]3c(c2)-c2cc(C(C)(C)C)cc4c2C32Oc3c(cc(C(C)(C)C)cc3C(C)(C)C)-c3n(-c5ccc(-c6ccccc6)c(CC)c5)c5cccc-4c5[n+]32)cc1)(C([2H])([2H])[2H])C([2H])([2H])[2H]. The van der Waals surface area contributed by atoms with Gasteiger partial charge < -0.3 is 4.74 Å². The van der Waals surface area contributed by atoms with Gasteiger partial charge in [-0.2, -0.15) is 4.57 Å². The average molecular weight is 863 g/mol. The summed E-state index contributed by atoms with van der Waals surface area (Å²) in [6, 6.07) is 43.6. The molecule has 11 rings (SSSR count). The van der Waals surface area contributed by atoms with E-state index >= 15 is 0 Å². The van der Waals surface area contributed by atoms with Crippen LogP contribution in [0.2, 0.25) is 0 Å². The number of hydrogen-bond donors (Lipinski definition) is 0. The molecule has 0 saturated carbocycles. The molecule has 3 aliphatic heterocycles. The Hall–Kier alpha value is -6.26. The molecular formula is C61H63N3O+2. The normalized spacial score (nSPS) is 18.6. The van der Waals surface area contributed by atoms with E-state index in [1.165, 1.54) is 34.4 Å². The molecule has 6 aromatic carbocycles. The first-order valence-electron chi connectivity index (χ1n) is 27.5. The molecule has 8 aromatic rings. The van der Waals surface area contributed by atoms with Crippen LogP contribution in [0.3, 0.4) is 0 Å². The van der Waals surface area contributed by atoms with Crippen molar-refractivity contribution in [2.24, 2.45) is 0 Å². The molecule has 1 unspecified atom stereocenters. The van der Waals surface area contributed by atoms with E-state index in [1.807, 2.05) is 6.07 Å². The van der Waals surface area contributed by atoms with Crippen molar-refractivity contribution in [1.82, 2.24) is 4.57 Å². The van der Waals surface area contributed by atoms with Gasteiger partial charge in [0.25, 0.3) is 0 Å². The van der Waals surface area contributed by atoms with E-state index in [-0.39, 0.29) is 21.8 Å². The van der Waals surface area contributed by atoms with Gasteiger partial charge in [0.2, 0.25) is 5.69 Å². The second kappa shape index (κ2) is 13.6. The number of para-hydroxylation sites is 1. The molecule has 3 aliphatic rings. The molecule has 2 aromatic heterocycles. The lowest BCUT2D eigenvalue weighted by molar-refractivity contribution is -0.997. The van der Waals surface area contributed by atoms with Crippen molar-refractivity contribution in [3.63, 3.8) is 0 Å². The maximum Gasteiger partial charge on any atom is 0.499 e. The van der Waals surface area contributed by atoms with Crippen LogP contribution < -0.4 is 13.9 Å². The zero-order valence-corrected chi connectivity index (χ0v) is 39.2. The van der Waals surface area contributed by atoms with Crippen LogP contribution in [-0.2, 0) is 33.9 Å². The van der Waals surface area contributed by atoms with Crippen molar-refractivity contribution in [2.75, 3.05) is 0 Å². The third kappa shape index (κ3) is 6.01. The second-order valence-electron chi connectivity index (χ2n) is 21.5. The molecule has 0 amide bonds. The van der Waals surface area contributed by atoms with Gasteiger partial charge in [0.05, 0.1) is 5.56 Å². The summed E-state index contributed by atoms with van der Waals surface area (Å²) in [4.78, 5) is 0. The fourth-order valence-corrected chi connectivity index (χ4v) is 10.6. The molecule has 4 heteroatoms. The summed E-state index contributed by atoms with van der Waals surface area (Å²) in [5.74, 6) is 0.545. The van der Waals surface area contributed by atoms with Crippen LogP contribution in [0.1, 0.15) is 136 Å². The van der Waals surface area contributed by atoms with Crippen LogP contribution in [0.4, 0.5) is 0 Å². The van der Waals surface area contributed by atoms with E-state index in [2.05, 4.69) is 186 Å². The lowest BCUT2D eigenvalue weighted by Gasteiger charge is -2.36. The predicted octanol–water partition coefficient (Wildman–Crippen LogP) is 14.5. The quantitative estimate of drug-likeness (QED) is 0.162. The number of hydrogen-bond acceptors (Lipinski definition) is 1. The average Bonchev–Trinajstić information content (AvgIpc) is 3.81. The van der Waals surface area contributed by atoms with Gasteiger partial charge in [0.15, 0.2) is 23.0 Å². The van der Waals surface area contributed by atoms with Gasteiger partial charge in [-0.3, -0.25) is 0 Å². The Morgan fingerprint density at radius 3 is 1.94 bits per heavy atom. The Bertz CT molecular complexity index is 3600. The standard InChI is InChI=1S/C61H63N3O/c1-14-37-31-44(27-28-45(37)39-19-16-15-17-20-39)63-51-22-18-21-46-47-33-42(58(5,6)7)34-48-52-32-40(38-23-25-41(26-24-38)57(2,3)4)29-30-62(52)61(53(47)48)64(54(46)51)56(63)49-35-43(59(8,9)10)36-50(55(49)65-61)60(11,12)13/h15-36H,14H2,1-13H3/q+2/i2D3,3D3,4D3. The fourth-order valence-electron chi connectivity index (χ4n) is 10.6. The summed E-state index contributed by atoms with van der Waals surface area (Å²) in [6.45, 7) is 12.4. The number of pyridine rings is 1. The molecule has 4 nitrogen and oxygen atoms in total. The number of fused-ring (bicyclic) bond motifs is 5. The molecule has 0 aliphatic carbocycles. The van der Waals surface area contributed by atoms with Gasteiger partial charge in [-0.05, 0) is 121 Å². The highest BCUT2D eigenvalue weighted by Crippen LogP contribution is 2.56. The van der Waals surface area contributed by atoms with E-state index in [0.717, 1.165) is 84.9 Å². The molecule has 0 bridgehead atoms. The summed E-state index contributed by atoms with van der Waals surface area (Å²) >= 11 is 0. The van der Waals surface area contributed by atoms with Gasteiger partial charge in [-0.1, -0.05) is 157 Å². The summed E-state index contributed by atoms with van der Waals surface area (Å²) in [7, 11) is 0. The van der Waals surface area contributed by atoms with Crippen molar-refractivity contribution >= 4 is 11.0 Å². The van der Waals surface area contributed by atoms with E-state index in [1.54, 1.807) is 12.1 Å². The largest absolute Gasteiger partial charge is 0.499 e. The molecular weight excluding hydrogens is 791 g/mol. The van der Waals surface area contributed by atoms with Crippen LogP contribution in [0.5, 0.6) is 5.75 Å². The highest BCUT2D eigenvalue weighted by molar-refractivity contribution is 5.98. The molecule has 0 fully saturated rings. The minimum absolute atomic E-state index is 0.194. The lowest BCUT2D eigenvalue weighted by Crippen LogP contribution is -2.78. The summed E-state index contributed by atoms with van der Waals surface area (Å²) < 4.78 is 90.5. The first-order chi connectivity index (χ1) is 34.4. The van der Waals surface area contributed by atoms with Crippen LogP contribution >= 0.6 is 0 Å². The zero-order valence-electron chi connectivity index (χ0n) is 48.2. The van der Waals surface area contributed by atoms with Crippen LogP contribution in [-0.4, -0.2) is 4.57 Å². The highest BCUT2D eigenvalue weighted by Gasteiger charge is 2.69. The maximum absolute atomic E-state index is 8.36. The Morgan fingerprint density at radius 1 is 0.569 bits per heavy atom. The van der Waals surface area contributed by atoms with Crippen molar-refractivity contribution in [1.29, 1.82) is 0 Å². The fraction of sp³-hybridized carbons (Fsp3) is 0.311. The van der Waals surface area contributed by atoms with Crippen molar-refractivity contribution in [3.8, 4) is 67.5 Å². The first-order valence-corrected chi connectivity index (χ1v) is 23.0. The number of ether oxygens (including phenoxy) is 1. The smallest absolute Gasteiger partial charge is 0.392 e. The number of rotatable bonds is 4. The number of benzene rings is 6. The molecule has 326 valence electrons. The Morgan fingerprint density at radius 2 is 1.26 bits per heavy atom. The Balaban J connectivity index is 1.24. The molecule has 0 radical (unpaired) electrons. The van der Waals surface area contributed by atoms with E-state index in [9.17, 15) is 0 Å². The van der Waals surface area contributed by atoms with Gasteiger partial charge in [-0.25, -0.2) is 0 Å². The van der Waals surface area contributed by atoms with E-state index in [0.29, 0.717) is 5.56 Å². The number of nitrogens with zero attached hydrogens (tertiary/aromatic N) is 3. The van der Waals surface area contributed by atoms with Crippen molar-refractivity contribution in [3.05, 3.63) is 167 Å². The number of aromatic nitrogens is 3. The Kier molecular flexibility index (Phi) is 6.80. The summed E-state index contributed by atoms with van der Waals surface area (Å²) in [5.41, 5.74) is 13.5. The number of aryl methyl sites for hydroxylation is 1. The molecule has 0 N–H and O–H groups in total. The molecule has 1 atom stereocenters. The number of imidazole rings is 1. The van der Waals surface area contributed by atoms with Gasteiger partial charge >= 0.3 is 11.7 Å². The van der Waals surface area contributed by atoms with Crippen LogP contribution in [0.15, 0.2) is 134 Å². The van der Waals surface area contributed by atoms with E-state index < -0.39 is 31.8 Å². The summed E-state index contributed by atoms with van der Waals surface area (Å²) in [6.07, 6.45) is 2.90. The minimum Gasteiger partial charge on any atom is -0.392 e. The third-order valence-electron chi connectivity index (χ3n) is 14.1. The van der Waals surface area contributed by atoms with Gasteiger partial charge in [0.1, 0.15) is 16.8 Å². The Labute approximate surface area is 398 Å². The second-order valence-corrected chi connectivity index (χ2v) is 21.5. The summed E-state index contributed by atoms with van der Waals surface area (Å²) in [5, 5.41) is 0. The molecule has 1 spiro atoms. The van der Waals surface area contributed by atoms with E-state index in [4.69, 9.17) is 17.1 Å². The van der Waals surface area contributed by atoms with Crippen molar-refractivity contribution < 1.29 is 26.2 Å².